The Morgan fingerprint density at radius 2 is 2.20 bits per heavy atom. The van der Waals surface area contributed by atoms with Gasteiger partial charge in [-0.25, -0.2) is 4.79 Å². The standard InChI is InChI=1S/C10H18N2O3/c1-7(13)11-5-8-6-12(9(14)15-8)10(2,3)4/h8H,5-6H2,1-4H3,(H,11,13). The van der Waals surface area contributed by atoms with Crippen LogP contribution in [-0.4, -0.2) is 41.6 Å². The lowest BCUT2D eigenvalue weighted by Gasteiger charge is -2.29. The first-order chi connectivity index (χ1) is 6.80. The van der Waals surface area contributed by atoms with E-state index in [2.05, 4.69) is 5.32 Å². The number of hydrogen-bond donors (Lipinski definition) is 1. The Morgan fingerprint density at radius 3 is 2.60 bits per heavy atom. The number of amides is 2. The Morgan fingerprint density at radius 1 is 1.60 bits per heavy atom. The van der Waals surface area contributed by atoms with Crippen LogP contribution in [0.3, 0.4) is 0 Å². The van der Waals surface area contributed by atoms with Gasteiger partial charge in [0.05, 0.1) is 13.1 Å². The molecular weight excluding hydrogens is 196 g/mol. The highest BCUT2D eigenvalue weighted by Crippen LogP contribution is 2.21. The zero-order valence-electron chi connectivity index (χ0n) is 9.66. The monoisotopic (exact) mass is 214 g/mol. The van der Waals surface area contributed by atoms with Gasteiger partial charge >= 0.3 is 6.09 Å². The number of nitrogens with zero attached hydrogens (tertiary/aromatic N) is 1. The van der Waals surface area contributed by atoms with Crippen LogP contribution in [0.25, 0.3) is 0 Å². The number of cyclic esters (lactones) is 1. The molecule has 5 nitrogen and oxygen atoms in total. The molecular formula is C10H18N2O3. The lowest BCUT2D eigenvalue weighted by Crippen LogP contribution is -2.43. The summed E-state index contributed by atoms with van der Waals surface area (Å²) in [4.78, 5) is 23.8. The van der Waals surface area contributed by atoms with Crippen molar-refractivity contribution in [1.82, 2.24) is 10.2 Å². The van der Waals surface area contributed by atoms with Crippen molar-refractivity contribution in [1.29, 1.82) is 0 Å². The summed E-state index contributed by atoms with van der Waals surface area (Å²) >= 11 is 0. The third-order valence-corrected chi connectivity index (χ3v) is 2.26. The van der Waals surface area contributed by atoms with Crippen LogP contribution in [0.1, 0.15) is 27.7 Å². The van der Waals surface area contributed by atoms with Gasteiger partial charge in [0, 0.05) is 12.5 Å². The van der Waals surface area contributed by atoms with E-state index in [-0.39, 0.29) is 23.6 Å². The van der Waals surface area contributed by atoms with Crippen molar-refractivity contribution < 1.29 is 14.3 Å². The van der Waals surface area contributed by atoms with Gasteiger partial charge in [0.15, 0.2) is 0 Å². The Kier molecular flexibility index (Phi) is 3.21. The maximum absolute atomic E-state index is 11.5. The first-order valence-corrected chi connectivity index (χ1v) is 5.03. The molecule has 0 aliphatic carbocycles. The Bertz CT molecular complexity index is 270. The van der Waals surface area contributed by atoms with Crippen LogP contribution >= 0.6 is 0 Å². The molecule has 0 aromatic rings. The molecule has 86 valence electrons. The van der Waals surface area contributed by atoms with Crippen LogP contribution < -0.4 is 5.32 Å². The molecule has 1 fully saturated rings. The maximum Gasteiger partial charge on any atom is 0.410 e. The first-order valence-electron chi connectivity index (χ1n) is 5.03. The molecule has 0 aromatic heterocycles. The van der Waals surface area contributed by atoms with E-state index in [1.54, 1.807) is 4.90 Å². The van der Waals surface area contributed by atoms with E-state index in [0.29, 0.717) is 13.1 Å². The molecule has 1 aliphatic heterocycles. The normalized spacial score (nSPS) is 21.5. The molecule has 1 heterocycles. The quantitative estimate of drug-likeness (QED) is 0.737. The van der Waals surface area contributed by atoms with E-state index in [1.807, 2.05) is 20.8 Å². The van der Waals surface area contributed by atoms with Crippen LogP contribution in [0.2, 0.25) is 0 Å². The van der Waals surface area contributed by atoms with Crippen molar-refractivity contribution in [2.24, 2.45) is 0 Å². The van der Waals surface area contributed by atoms with Gasteiger partial charge in [-0.2, -0.15) is 0 Å². The van der Waals surface area contributed by atoms with Gasteiger partial charge in [0.25, 0.3) is 0 Å². The maximum atomic E-state index is 11.5. The molecule has 1 unspecified atom stereocenters. The van der Waals surface area contributed by atoms with E-state index in [4.69, 9.17) is 4.74 Å². The molecule has 0 saturated carbocycles. The van der Waals surface area contributed by atoms with Crippen LogP contribution in [0.15, 0.2) is 0 Å². The van der Waals surface area contributed by atoms with Gasteiger partial charge in [-0.1, -0.05) is 0 Å². The molecule has 0 spiro atoms. The molecule has 0 aromatic carbocycles. The first kappa shape index (κ1) is 11.8. The predicted molar refractivity (Wildman–Crippen MR) is 55.4 cm³/mol. The summed E-state index contributed by atoms with van der Waals surface area (Å²) in [5, 5.41) is 2.64. The van der Waals surface area contributed by atoms with Crippen molar-refractivity contribution in [3.8, 4) is 0 Å². The number of nitrogens with one attached hydrogen (secondary N) is 1. The summed E-state index contributed by atoms with van der Waals surface area (Å²) < 4.78 is 5.12. The van der Waals surface area contributed by atoms with Crippen LogP contribution in [-0.2, 0) is 9.53 Å². The van der Waals surface area contributed by atoms with E-state index in [0.717, 1.165) is 0 Å². The highest BCUT2D eigenvalue weighted by atomic mass is 16.6. The topological polar surface area (TPSA) is 58.6 Å². The third kappa shape index (κ3) is 3.11. The van der Waals surface area contributed by atoms with Crippen LogP contribution in [0.4, 0.5) is 4.79 Å². The third-order valence-electron chi connectivity index (χ3n) is 2.26. The minimum atomic E-state index is -0.308. The largest absolute Gasteiger partial charge is 0.442 e. The zero-order valence-corrected chi connectivity index (χ0v) is 9.66. The number of hydrogen-bond acceptors (Lipinski definition) is 3. The minimum Gasteiger partial charge on any atom is -0.442 e. The smallest absolute Gasteiger partial charge is 0.410 e. The minimum absolute atomic E-state index is 0.111. The highest BCUT2D eigenvalue weighted by molar-refractivity contribution is 5.73. The van der Waals surface area contributed by atoms with Crippen molar-refractivity contribution in [3.05, 3.63) is 0 Å². The van der Waals surface area contributed by atoms with E-state index < -0.39 is 0 Å². The van der Waals surface area contributed by atoms with Crippen LogP contribution in [0, 0.1) is 0 Å². The molecule has 1 rings (SSSR count). The number of carbonyl (C=O) groups excluding carboxylic acids is 2. The second kappa shape index (κ2) is 4.08. The molecule has 1 aliphatic rings. The summed E-state index contributed by atoms with van der Waals surface area (Å²) in [6.45, 7) is 8.22. The van der Waals surface area contributed by atoms with Gasteiger partial charge in [0.2, 0.25) is 5.91 Å². The predicted octanol–water partition coefficient (Wildman–Crippen LogP) is 0.742. The van der Waals surface area contributed by atoms with Gasteiger partial charge in [0.1, 0.15) is 6.10 Å². The number of ether oxygens (including phenoxy) is 1. The summed E-state index contributed by atoms with van der Waals surface area (Å²) in [6, 6.07) is 0. The average molecular weight is 214 g/mol. The molecule has 1 atom stereocenters. The fourth-order valence-corrected chi connectivity index (χ4v) is 1.43. The van der Waals surface area contributed by atoms with Crippen molar-refractivity contribution in [2.45, 2.75) is 39.3 Å². The summed E-state index contributed by atoms with van der Waals surface area (Å²) in [7, 11) is 0. The van der Waals surface area contributed by atoms with Crippen molar-refractivity contribution in [3.63, 3.8) is 0 Å². The van der Waals surface area contributed by atoms with Gasteiger partial charge in [-0.3, -0.25) is 9.69 Å². The van der Waals surface area contributed by atoms with E-state index in [1.165, 1.54) is 6.92 Å². The second-order valence-corrected chi connectivity index (χ2v) is 4.72. The summed E-state index contributed by atoms with van der Waals surface area (Å²) in [5.74, 6) is -0.111. The Hall–Kier alpha value is -1.26. The van der Waals surface area contributed by atoms with E-state index in [9.17, 15) is 9.59 Å². The molecule has 1 N–H and O–H groups in total. The van der Waals surface area contributed by atoms with Crippen molar-refractivity contribution in [2.75, 3.05) is 13.1 Å². The molecule has 1 saturated heterocycles. The fourth-order valence-electron chi connectivity index (χ4n) is 1.43. The number of carbonyl (C=O) groups is 2. The summed E-state index contributed by atoms with van der Waals surface area (Å²) in [5.41, 5.74) is -0.234. The molecule has 2 amide bonds. The Labute approximate surface area is 89.8 Å². The van der Waals surface area contributed by atoms with Crippen LogP contribution in [0.5, 0.6) is 0 Å². The van der Waals surface area contributed by atoms with Gasteiger partial charge in [-0.15, -0.1) is 0 Å². The van der Waals surface area contributed by atoms with Gasteiger partial charge in [-0.05, 0) is 20.8 Å². The molecule has 15 heavy (non-hydrogen) atoms. The highest BCUT2D eigenvalue weighted by Gasteiger charge is 2.37. The molecule has 0 bridgehead atoms. The SMILES string of the molecule is CC(=O)NCC1CN(C(C)(C)C)C(=O)O1. The van der Waals surface area contributed by atoms with Crippen molar-refractivity contribution >= 4 is 12.0 Å². The average Bonchev–Trinajstić information content (AvgIpc) is 2.42. The van der Waals surface area contributed by atoms with Gasteiger partial charge < -0.3 is 10.1 Å². The lowest BCUT2D eigenvalue weighted by atomic mass is 10.1. The summed E-state index contributed by atoms with van der Waals surface area (Å²) in [6.07, 6.45) is -0.543. The lowest BCUT2D eigenvalue weighted by molar-refractivity contribution is -0.119. The fraction of sp³-hybridized carbons (Fsp3) is 0.800. The zero-order chi connectivity index (χ0) is 11.6. The number of rotatable bonds is 2. The molecule has 5 heteroatoms. The van der Waals surface area contributed by atoms with E-state index >= 15 is 0 Å². The second-order valence-electron chi connectivity index (χ2n) is 4.72. The molecule has 0 radical (unpaired) electrons. The Balaban J connectivity index is 2.49.